The summed E-state index contributed by atoms with van der Waals surface area (Å²) in [7, 11) is -2.04. The Morgan fingerprint density at radius 1 is 1.35 bits per heavy atom. The van der Waals surface area contributed by atoms with Crippen LogP contribution in [0.1, 0.15) is 12.2 Å². The quantitative estimate of drug-likeness (QED) is 0.646. The average Bonchev–Trinajstić information content (AvgIpc) is 3.22. The minimum absolute atomic E-state index is 0. The first-order chi connectivity index (χ1) is 11.9. The first kappa shape index (κ1) is 21.1. The van der Waals surface area contributed by atoms with Crippen LogP contribution in [0.4, 0.5) is 0 Å². The number of sulfonamides is 1. The van der Waals surface area contributed by atoms with Crippen molar-refractivity contribution in [2.45, 2.75) is 24.4 Å². The van der Waals surface area contributed by atoms with Crippen molar-refractivity contribution in [2.24, 2.45) is 7.05 Å². The van der Waals surface area contributed by atoms with Crippen LogP contribution >= 0.6 is 12.4 Å². The molecule has 2 saturated heterocycles. The summed E-state index contributed by atoms with van der Waals surface area (Å²) in [4.78, 5) is 20.5. The third-order valence-corrected chi connectivity index (χ3v) is 6.23. The molecule has 9 nitrogen and oxygen atoms in total. The fourth-order valence-corrected chi connectivity index (χ4v) is 4.32. The van der Waals surface area contributed by atoms with E-state index < -0.39 is 10.0 Å². The maximum absolute atomic E-state index is 12.4. The van der Waals surface area contributed by atoms with Crippen LogP contribution in [0.25, 0.3) is 0 Å². The second kappa shape index (κ2) is 8.66. The molecular formula is C15H27ClN6O3S. The number of amides is 1. The Kier molecular flexibility index (Phi) is 7.03. The number of halogens is 1. The van der Waals surface area contributed by atoms with Crippen LogP contribution in [0.2, 0.25) is 0 Å². The van der Waals surface area contributed by atoms with Crippen LogP contribution < -0.4 is 10.0 Å². The van der Waals surface area contributed by atoms with E-state index in [0.717, 1.165) is 32.6 Å². The number of hydrogen-bond donors (Lipinski definition) is 2. The van der Waals surface area contributed by atoms with E-state index >= 15 is 0 Å². The van der Waals surface area contributed by atoms with Crippen LogP contribution in [0.5, 0.6) is 0 Å². The fourth-order valence-electron chi connectivity index (χ4n) is 3.31. The lowest BCUT2D eigenvalue weighted by Gasteiger charge is -2.32. The lowest BCUT2D eigenvalue weighted by molar-refractivity contribution is -0.129. The molecule has 1 aromatic heterocycles. The number of hydrogen-bond acceptors (Lipinski definition) is 6. The van der Waals surface area contributed by atoms with Crippen molar-refractivity contribution in [3.05, 3.63) is 12.0 Å². The van der Waals surface area contributed by atoms with Crippen LogP contribution in [0.3, 0.4) is 0 Å². The van der Waals surface area contributed by atoms with Gasteiger partial charge in [0.2, 0.25) is 5.91 Å². The van der Waals surface area contributed by atoms with E-state index in [2.05, 4.69) is 19.9 Å². The van der Waals surface area contributed by atoms with Gasteiger partial charge in [0.05, 0.1) is 6.54 Å². The number of aryl methyl sites for hydroxylation is 2. The van der Waals surface area contributed by atoms with Gasteiger partial charge >= 0.3 is 0 Å². The van der Waals surface area contributed by atoms with Crippen LogP contribution in [-0.4, -0.2) is 85.5 Å². The van der Waals surface area contributed by atoms with Gasteiger partial charge in [-0.3, -0.25) is 9.69 Å². The SMILES string of the molecule is Cc1nc(S(=O)(=O)NCC(=O)N2CCC(N3CCNCC3)C2)cn1C.Cl. The second-order valence-electron chi connectivity index (χ2n) is 6.63. The Hall–Kier alpha value is -1.20. The third-order valence-electron chi connectivity index (χ3n) is 4.96. The monoisotopic (exact) mass is 406 g/mol. The van der Waals surface area contributed by atoms with Crippen LogP contribution in [0.15, 0.2) is 11.2 Å². The first-order valence-corrected chi connectivity index (χ1v) is 10.1. The number of carbonyl (C=O) groups excluding carboxylic acids is 1. The van der Waals surface area contributed by atoms with Crippen LogP contribution in [0, 0.1) is 6.92 Å². The van der Waals surface area contributed by atoms with Gasteiger partial charge in [-0.1, -0.05) is 0 Å². The highest BCUT2D eigenvalue weighted by Crippen LogP contribution is 2.16. The zero-order valence-corrected chi connectivity index (χ0v) is 16.8. The minimum Gasteiger partial charge on any atom is -0.340 e. The van der Waals surface area contributed by atoms with Crippen molar-refractivity contribution in [3.63, 3.8) is 0 Å². The molecule has 2 N–H and O–H groups in total. The van der Waals surface area contributed by atoms with Crippen molar-refractivity contribution in [2.75, 3.05) is 45.8 Å². The normalized spacial score (nSPS) is 21.6. The summed E-state index contributed by atoms with van der Waals surface area (Å²) in [6.45, 7) is 6.80. The standard InChI is InChI=1S/C15H26N6O3S.ClH/c1-12-18-14(11-19(12)2)25(23,24)17-9-15(22)21-6-3-13(10-21)20-7-4-16-5-8-20;/h11,13,16-17H,3-10H2,1-2H3;1H. The molecular weight excluding hydrogens is 380 g/mol. The molecule has 2 aliphatic heterocycles. The zero-order chi connectivity index (χ0) is 18.0. The minimum atomic E-state index is -3.77. The maximum atomic E-state index is 12.4. The molecule has 1 aromatic rings. The topological polar surface area (TPSA) is 99.6 Å². The summed E-state index contributed by atoms with van der Waals surface area (Å²) in [6, 6.07) is 0.376. The molecule has 0 saturated carbocycles. The largest absolute Gasteiger partial charge is 0.340 e. The lowest BCUT2D eigenvalue weighted by atomic mass is 10.2. The number of nitrogens with zero attached hydrogens (tertiary/aromatic N) is 4. The smallest absolute Gasteiger partial charge is 0.260 e. The molecule has 3 rings (SSSR count). The van der Waals surface area contributed by atoms with Gasteiger partial charge in [0.25, 0.3) is 10.0 Å². The van der Waals surface area contributed by atoms with E-state index in [-0.39, 0.29) is 29.9 Å². The summed E-state index contributed by atoms with van der Waals surface area (Å²) >= 11 is 0. The molecule has 1 atom stereocenters. The number of rotatable bonds is 5. The molecule has 0 radical (unpaired) electrons. The number of aromatic nitrogens is 2. The second-order valence-corrected chi connectivity index (χ2v) is 8.34. The molecule has 0 aromatic carbocycles. The Morgan fingerprint density at radius 3 is 2.65 bits per heavy atom. The Balaban J connectivity index is 0.00000243. The summed E-state index contributed by atoms with van der Waals surface area (Å²) in [5.74, 6) is 0.416. The highest BCUT2D eigenvalue weighted by atomic mass is 35.5. The molecule has 0 bridgehead atoms. The van der Waals surface area contributed by atoms with E-state index in [1.165, 1.54) is 6.20 Å². The van der Waals surface area contributed by atoms with E-state index in [0.29, 0.717) is 25.0 Å². The van der Waals surface area contributed by atoms with Crippen LogP contribution in [-0.2, 0) is 21.9 Å². The average molecular weight is 407 g/mol. The Morgan fingerprint density at radius 2 is 2.04 bits per heavy atom. The van der Waals surface area contributed by atoms with Gasteiger partial charge in [-0.15, -0.1) is 12.4 Å². The lowest BCUT2D eigenvalue weighted by Crippen LogP contribution is -2.49. The predicted octanol–water partition coefficient (Wildman–Crippen LogP) is -1.07. The highest BCUT2D eigenvalue weighted by molar-refractivity contribution is 7.89. The van der Waals surface area contributed by atoms with E-state index in [1.807, 2.05) is 0 Å². The van der Waals surface area contributed by atoms with Crippen molar-refractivity contribution >= 4 is 28.3 Å². The Labute approximate surface area is 160 Å². The summed E-state index contributed by atoms with van der Waals surface area (Å²) in [6.07, 6.45) is 2.39. The number of piperazine rings is 1. The van der Waals surface area contributed by atoms with Gasteiger partial charge < -0.3 is 14.8 Å². The number of nitrogens with one attached hydrogen (secondary N) is 2. The van der Waals surface area contributed by atoms with Gasteiger partial charge in [-0.25, -0.2) is 18.1 Å². The fraction of sp³-hybridized carbons (Fsp3) is 0.733. The Bertz CT molecular complexity index is 712. The summed E-state index contributed by atoms with van der Waals surface area (Å²) in [5.41, 5.74) is 0. The van der Waals surface area contributed by atoms with Gasteiger partial charge in [-0.2, -0.15) is 0 Å². The van der Waals surface area contributed by atoms with E-state index in [9.17, 15) is 13.2 Å². The third kappa shape index (κ3) is 4.74. The van der Waals surface area contributed by atoms with Crippen molar-refractivity contribution in [1.82, 2.24) is 29.4 Å². The molecule has 1 amide bonds. The number of imidazole rings is 1. The van der Waals surface area contributed by atoms with Gasteiger partial charge in [-0.05, 0) is 13.3 Å². The summed E-state index contributed by atoms with van der Waals surface area (Å²) in [5, 5.41) is 3.27. The summed E-state index contributed by atoms with van der Waals surface area (Å²) < 4.78 is 28.5. The van der Waals surface area contributed by atoms with Crippen molar-refractivity contribution in [1.29, 1.82) is 0 Å². The highest BCUT2D eigenvalue weighted by Gasteiger charge is 2.31. The maximum Gasteiger partial charge on any atom is 0.260 e. The molecule has 0 aliphatic carbocycles. The molecule has 11 heteroatoms. The molecule has 3 heterocycles. The van der Waals surface area contributed by atoms with Gasteiger partial charge in [0.15, 0.2) is 5.03 Å². The van der Waals surface area contributed by atoms with Gasteiger partial charge in [0.1, 0.15) is 5.82 Å². The number of likely N-dealkylation sites (tertiary alicyclic amines) is 1. The molecule has 148 valence electrons. The van der Waals surface area contributed by atoms with E-state index in [4.69, 9.17) is 0 Å². The van der Waals surface area contributed by atoms with Crippen molar-refractivity contribution in [3.8, 4) is 0 Å². The molecule has 2 fully saturated rings. The van der Waals surface area contributed by atoms with E-state index in [1.54, 1.807) is 23.4 Å². The predicted molar refractivity (Wildman–Crippen MR) is 99.8 cm³/mol. The molecule has 0 spiro atoms. The molecule has 26 heavy (non-hydrogen) atoms. The molecule has 1 unspecified atom stereocenters. The molecule has 2 aliphatic rings. The number of carbonyl (C=O) groups is 1. The van der Waals surface area contributed by atoms with Crippen molar-refractivity contribution < 1.29 is 13.2 Å². The first-order valence-electron chi connectivity index (χ1n) is 8.59. The van der Waals surface area contributed by atoms with Gasteiger partial charge in [0, 0.05) is 58.6 Å². The zero-order valence-electron chi connectivity index (χ0n) is 15.1.